The number of fused-ring (bicyclic) bond motifs is 1. The summed E-state index contributed by atoms with van der Waals surface area (Å²) in [5.41, 5.74) is 1.91. The molecular weight excluding hydrogens is 366 g/mol. The van der Waals surface area contributed by atoms with Gasteiger partial charge in [-0.1, -0.05) is 31.9 Å². The van der Waals surface area contributed by atoms with Gasteiger partial charge in [0.05, 0.1) is 17.6 Å². The third kappa shape index (κ3) is 4.29. The number of amides is 2. The van der Waals surface area contributed by atoms with Gasteiger partial charge in [0.25, 0.3) is 0 Å². The monoisotopic (exact) mass is 397 g/mol. The zero-order chi connectivity index (χ0) is 20.2. The lowest BCUT2D eigenvalue weighted by molar-refractivity contribution is -0.143. The summed E-state index contributed by atoms with van der Waals surface area (Å²) in [6, 6.07) is 7.64. The van der Waals surface area contributed by atoms with Crippen molar-refractivity contribution in [3.8, 4) is 0 Å². The maximum atomic E-state index is 13.2. The van der Waals surface area contributed by atoms with Gasteiger partial charge in [-0.3, -0.25) is 14.5 Å². The molecule has 29 heavy (non-hydrogen) atoms. The maximum Gasteiger partial charge on any atom is 0.243 e. The van der Waals surface area contributed by atoms with E-state index in [2.05, 4.69) is 14.8 Å². The van der Waals surface area contributed by atoms with E-state index in [-0.39, 0.29) is 24.4 Å². The van der Waals surface area contributed by atoms with E-state index in [1.165, 1.54) is 25.7 Å². The molecule has 0 radical (unpaired) electrons. The number of imidazole rings is 1. The van der Waals surface area contributed by atoms with E-state index in [1.807, 2.05) is 31.2 Å². The quantitative estimate of drug-likeness (QED) is 0.839. The molecule has 4 rings (SSSR count). The van der Waals surface area contributed by atoms with Crippen molar-refractivity contribution in [2.75, 3.05) is 26.2 Å². The van der Waals surface area contributed by atoms with Gasteiger partial charge in [-0.2, -0.15) is 0 Å². The van der Waals surface area contributed by atoms with Crippen molar-refractivity contribution in [1.29, 1.82) is 0 Å². The first-order chi connectivity index (χ1) is 14.2. The van der Waals surface area contributed by atoms with Crippen molar-refractivity contribution < 1.29 is 9.59 Å². The predicted molar refractivity (Wildman–Crippen MR) is 112 cm³/mol. The van der Waals surface area contributed by atoms with Gasteiger partial charge in [0.1, 0.15) is 18.4 Å². The number of aromatic nitrogens is 2. The van der Waals surface area contributed by atoms with Crippen molar-refractivity contribution in [2.24, 2.45) is 0 Å². The molecule has 2 aromatic rings. The summed E-state index contributed by atoms with van der Waals surface area (Å²) in [5, 5.41) is 2.87. The van der Waals surface area contributed by atoms with Crippen LogP contribution in [0.15, 0.2) is 24.3 Å². The molecule has 156 valence electrons. The molecule has 7 nitrogen and oxygen atoms in total. The molecule has 1 aromatic heterocycles. The minimum absolute atomic E-state index is 0.00744. The summed E-state index contributed by atoms with van der Waals surface area (Å²) < 4.78 is 2.06. The first-order valence-corrected chi connectivity index (χ1v) is 10.9. The number of hydrogen-bond donors (Lipinski definition) is 1. The zero-order valence-electron chi connectivity index (χ0n) is 17.3. The predicted octanol–water partition coefficient (Wildman–Crippen LogP) is 2.15. The Morgan fingerprint density at radius 1 is 1.14 bits per heavy atom. The second-order valence-electron chi connectivity index (χ2n) is 8.10. The number of nitrogens with one attached hydrogen (secondary N) is 1. The highest BCUT2D eigenvalue weighted by Gasteiger charge is 2.32. The van der Waals surface area contributed by atoms with E-state index in [1.54, 1.807) is 4.90 Å². The van der Waals surface area contributed by atoms with Gasteiger partial charge in [-0.05, 0) is 44.5 Å². The normalized spacial score (nSPS) is 21.2. The molecule has 2 fully saturated rings. The summed E-state index contributed by atoms with van der Waals surface area (Å²) in [5.74, 6) is 0.885. The lowest BCUT2D eigenvalue weighted by Gasteiger charge is -2.34. The Bertz CT molecular complexity index is 869. The average Bonchev–Trinajstić information content (AvgIpc) is 2.89. The second kappa shape index (κ2) is 8.95. The third-order valence-corrected chi connectivity index (χ3v) is 6.13. The summed E-state index contributed by atoms with van der Waals surface area (Å²) in [6.07, 6.45) is 5.66. The second-order valence-corrected chi connectivity index (χ2v) is 8.10. The third-order valence-electron chi connectivity index (χ3n) is 6.13. The highest BCUT2D eigenvalue weighted by molar-refractivity contribution is 5.89. The van der Waals surface area contributed by atoms with Gasteiger partial charge in [0.2, 0.25) is 11.8 Å². The fourth-order valence-corrected chi connectivity index (χ4v) is 4.56. The van der Waals surface area contributed by atoms with Crippen LogP contribution < -0.4 is 5.32 Å². The molecule has 2 amide bonds. The fourth-order valence-electron chi connectivity index (χ4n) is 4.56. The Hall–Kier alpha value is -2.41. The van der Waals surface area contributed by atoms with Gasteiger partial charge in [0.15, 0.2) is 0 Å². The smallest absolute Gasteiger partial charge is 0.243 e. The SMILES string of the molecule is CC[C@H]1C(=O)NCCN1C(=O)Cn1c(CN2CCCCCC2)nc2ccccc21. The molecule has 2 saturated heterocycles. The molecule has 2 aliphatic heterocycles. The Kier molecular flexibility index (Phi) is 6.13. The maximum absolute atomic E-state index is 13.2. The summed E-state index contributed by atoms with van der Waals surface area (Å²) in [7, 11) is 0. The molecule has 1 aromatic carbocycles. The molecule has 1 N–H and O–H groups in total. The first kappa shape index (κ1) is 19.9. The van der Waals surface area contributed by atoms with E-state index < -0.39 is 0 Å². The van der Waals surface area contributed by atoms with E-state index in [0.29, 0.717) is 19.5 Å². The van der Waals surface area contributed by atoms with Crippen LogP contribution in [0, 0.1) is 0 Å². The standard InChI is InChI=1S/C22H31N5O2/c1-2-18-22(29)23-11-14-26(18)21(28)16-27-19-10-6-5-9-17(19)24-20(27)15-25-12-7-3-4-8-13-25/h5-6,9-10,18H,2-4,7-8,11-16H2,1H3,(H,23,29)/t18-/m0/s1. The van der Waals surface area contributed by atoms with Gasteiger partial charge in [-0.15, -0.1) is 0 Å². The van der Waals surface area contributed by atoms with E-state index in [0.717, 1.165) is 36.5 Å². The number of nitrogens with zero attached hydrogens (tertiary/aromatic N) is 4. The molecule has 7 heteroatoms. The van der Waals surface area contributed by atoms with Crippen LogP contribution >= 0.6 is 0 Å². The van der Waals surface area contributed by atoms with Crippen molar-refractivity contribution in [3.63, 3.8) is 0 Å². The molecule has 0 saturated carbocycles. The molecule has 0 bridgehead atoms. The summed E-state index contributed by atoms with van der Waals surface area (Å²) in [4.78, 5) is 34.5. The lowest BCUT2D eigenvalue weighted by Crippen LogP contribution is -2.57. The number of hydrogen-bond acceptors (Lipinski definition) is 4. The van der Waals surface area contributed by atoms with Crippen molar-refractivity contribution in [1.82, 2.24) is 24.7 Å². The number of rotatable bonds is 5. The largest absolute Gasteiger partial charge is 0.353 e. The molecule has 0 aliphatic carbocycles. The fraction of sp³-hybridized carbons (Fsp3) is 0.591. The minimum atomic E-state index is -0.375. The van der Waals surface area contributed by atoms with Crippen molar-refractivity contribution in [2.45, 2.75) is 58.2 Å². The minimum Gasteiger partial charge on any atom is -0.353 e. The molecule has 2 aliphatic rings. The Morgan fingerprint density at radius 3 is 2.66 bits per heavy atom. The number of carbonyl (C=O) groups is 2. The molecule has 0 unspecified atom stereocenters. The van der Waals surface area contributed by atoms with Crippen LogP contribution in [-0.2, 0) is 22.7 Å². The van der Waals surface area contributed by atoms with Crippen LogP contribution in [0.5, 0.6) is 0 Å². The molecule has 1 atom stereocenters. The lowest BCUT2D eigenvalue weighted by atomic mass is 10.1. The van der Waals surface area contributed by atoms with Crippen LogP contribution in [0.4, 0.5) is 0 Å². The van der Waals surface area contributed by atoms with Gasteiger partial charge in [-0.25, -0.2) is 4.98 Å². The van der Waals surface area contributed by atoms with E-state index in [4.69, 9.17) is 4.98 Å². The van der Waals surface area contributed by atoms with Gasteiger partial charge < -0.3 is 14.8 Å². The Labute approximate surface area is 172 Å². The Morgan fingerprint density at radius 2 is 1.90 bits per heavy atom. The highest BCUT2D eigenvalue weighted by atomic mass is 16.2. The highest BCUT2D eigenvalue weighted by Crippen LogP contribution is 2.20. The van der Waals surface area contributed by atoms with Crippen LogP contribution in [0.25, 0.3) is 11.0 Å². The van der Waals surface area contributed by atoms with Crippen LogP contribution in [0.3, 0.4) is 0 Å². The van der Waals surface area contributed by atoms with Crippen LogP contribution in [0.1, 0.15) is 44.9 Å². The van der Waals surface area contributed by atoms with E-state index >= 15 is 0 Å². The topological polar surface area (TPSA) is 70.5 Å². The molecular formula is C22H31N5O2. The number of piperazine rings is 1. The number of carbonyl (C=O) groups excluding carboxylic acids is 2. The van der Waals surface area contributed by atoms with Gasteiger partial charge in [0, 0.05) is 13.1 Å². The number of benzene rings is 1. The van der Waals surface area contributed by atoms with Crippen LogP contribution in [0.2, 0.25) is 0 Å². The summed E-state index contributed by atoms with van der Waals surface area (Å²) in [6.45, 7) is 6.20. The Balaban J connectivity index is 1.59. The van der Waals surface area contributed by atoms with Crippen LogP contribution in [-0.4, -0.2) is 63.4 Å². The van der Waals surface area contributed by atoms with Gasteiger partial charge >= 0.3 is 0 Å². The zero-order valence-corrected chi connectivity index (χ0v) is 17.3. The number of para-hydroxylation sites is 2. The number of likely N-dealkylation sites (tertiary alicyclic amines) is 1. The average molecular weight is 398 g/mol. The van der Waals surface area contributed by atoms with Crippen molar-refractivity contribution >= 4 is 22.8 Å². The van der Waals surface area contributed by atoms with Crippen molar-refractivity contribution in [3.05, 3.63) is 30.1 Å². The van der Waals surface area contributed by atoms with E-state index in [9.17, 15) is 9.59 Å². The molecule has 3 heterocycles. The first-order valence-electron chi connectivity index (χ1n) is 10.9. The summed E-state index contributed by atoms with van der Waals surface area (Å²) >= 11 is 0. The molecule has 0 spiro atoms.